The molecule has 0 radical (unpaired) electrons. The number of rotatable bonds is 10. The van der Waals surface area contributed by atoms with E-state index in [1.807, 2.05) is 24.3 Å². The molecule has 3 fully saturated rings. The number of phenolic OH excluding ortho intramolecular Hbond substituents is 1. The molecule has 292 valence electrons. The highest BCUT2D eigenvalue weighted by atomic mass is 19.1. The molecular formula is C40H44FN9O6. The Bertz CT molecular complexity index is 2140. The quantitative estimate of drug-likeness (QED) is 0.173. The second-order valence-corrected chi connectivity index (χ2v) is 14.5. The number of halogens is 1. The number of piperidine rings is 1. The van der Waals surface area contributed by atoms with Crippen LogP contribution in [-0.4, -0.2) is 131 Å². The number of nitrogens with zero attached hydrogens (tertiary/aromatic N) is 7. The number of ether oxygens (including phenoxy) is 1. The van der Waals surface area contributed by atoms with Crippen LogP contribution in [0.5, 0.6) is 11.5 Å². The third kappa shape index (κ3) is 7.42. The lowest BCUT2D eigenvalue weighted by molar-refractivity contribution is -0.129. The minimum absolute atomic E-state index is 0.109. The Kier molecular flexibility index (Phi) is 10.4. The third-order valence-electron chi connectivity index (χ3n) is 11.1. The van der Waals surface area contributed by atoms with E-state index >= 15 is 4.39 Å². The summed E-state index contributed by atoms with van der Waals surface area (Å²) in [6, 6.07) is 18.4. The Morgan fingerprint density at radius 1 is 0.821 bits per heavy atom. The standard InChI is InChI=1S/C40H44FN9O6/c41-28-22-25(24-47-14-18-49(19-15-47)32-23-29(44-45-37(32)42)26-4-1-2-6-33(26)51)8-9-30(28)48-16-12-46(13-17-48)20-21-56-34-7-3-5-27-36(34)40(55)50(39(27)54)31-10-11-35(52)43-38(31)53/h1-9,22-23,31,38,51,53H,10-21,24H2,(H2,42,45)(H,43,52). The molecule has 2 atom stereocenters. The molecule has 5 N–H and O–H groups in total. The molecule has 3 amide bonds. The minimum Gasteiger partial charge on any atom is -0.507 e. The number of carbonyl (C=O) groups excluding carboxylic acids is 3. The highest BCUT2D eigenvalue weighted by Gasteiger charge is 2.45. The lowest BCUT2D eigenvalue weighted by Crippen LogP contribution is -2.57. The lowest BCUT2D eigenvalue weighted by Gasteiger charge is -2.37. The number of nitrogen functional groups attached to an aromatic ring is 1. The number of fused-ring (bicyclic) bond motifs is 1. The molecule has 16 heteroatoms. The average molecular weight is 766 g/mol. The van der Waals surface area contributed by atoms with Crippen LogP contribution in [0.25, 0.3) is 11.3 Å². The number of aromatic nitrogens is 2. The predicted octanol–water partition coefficient (Wildman–Crippen LogP) is 2.29. The van der Waals surface area contributed by atoms with E-state index in [-0.39, 0.29) is 48.0 Å². The normalized spacial score (nSPS) is 20.7. The summed E-state index contributed by atoms with van der Waals surface area (Å²) in [4.78, 5) is 48.0. The van der Waals surface area contributed by atoms with Gasteiger partial charge in [-0.15, -0.1) is 10.2 Å². The van der Waals surface area contributed by atoms with E-state index < -0.39 is 24.1 Å². The molecule has 0 saturated carbocycles. The number of hydrogen-bond acceptors (Lipinski definition) is 13. The number of carbonyl (C=O) groups is 3. The number of anilines is 3. The van der Waals surface area contributed by atoms with Crippen molar-refractivity contribution < 1.29 is 33.7 Å². The van der Waals surface area contributed by atoms with Crippen LogP contribution < -0.4 is 25.6 Å². The van der Waals surface area contributed by atoms with Gasteiger partial charge in [-0.3, -0.25) is 29.1 Å². The van der Waals surface area contributed by atoms with Crippen LogP contribution in [0.2, 0.25) is 0 Å². The van der Waals surface area contributed by atoms with Gasteiger partial charge in [0, 0.05) is 77.4 Å². The Hall–Kier alpha value is -5.84. The summed E-state index contributed by atoms with van der Waals surface area (Å²) in [6.07, 6.45) is -1.04. The summed E-state index contributed by atoms with van der Waals surface area (Å²) in [5.41, 5.74) is 9.99. The smallest absolute Gasteiger partial charge is 0.265 e. The first kappa shape index (κ1) is 37.1. The number of nitrogens with two attached hydrogens (primary N) is 1. The van der Waals surface area contributed by atoms with Gasteiger partial charge in [-0.1, -0.05) is 24.3 Å². The second-order valence-electron chi connectivity index (χ2n) is 14.5. The van der Waals surface area contributed by atoms with Crippen LogP contribution >= 0.6 is 0 Å². The van der Waals surface area contributed by atoms with Crippen molar-refractivity contribution in [3.8, 4) is 22.8 Å². The molecule has 0 bridgehead atoms. The van der Waals surface area contributed by atoms with E-state index in [1.54, 1.807) is 42.5 Å². The van der Waals surface area contributed by atoms with Gasteiger partial charge < -0.3 is 35.8 Å². The summed E-state index contributed by atoms with van der Waals surface area (Å²) < 4.78 is 21.6. The van der Waals surface area contributed by atoms with Crippen LogP contribution in [0.3, 0.4) is 0 Å². The summed E-state index contributed by atoms with van der Waals surface area (Å²) in [7, 11) is 0. The predicted molar refractivity (Wildman–Crippen MR) is 206 cm³/mol. The van der Waals surface area contributed by atoms with Crippen molar-refractivity contribution in [3.63, 3.8) is 0 Å². The number of benzene rings is 3. The van der Waals surface area contributed by atoms with Crippen molar-refractivity contribution in [2.75, 3.05) is 81.0 Å². The van der Waals surface area contributed by atoms with Gasteiger partial charge >= 0.3 is 0 Å². The van der Waals surface area contributed by atoms with Gasteiger partial charge in [-0.25, -0.2) is 4.39 Å². The topological polar surface area (TPSA) is 181 Å². The molecular weight excluding hydrogens is 721 g/mol. The summed E-state index contributed by atoms with van der Waals surface area (Å²) >= 11 is 0. The molecule has 15 nitrogen and oxygen atoms in total. The Morgan fingerprint density at radius 2 is 1.54 bits per heavy atom. The van der Waals surface area contributed by atoms with E-state index in [4.69, 9.17) is 10.5 Å². The van der Waals surface area contributed by atoms with Crippen LogP contribution in [0, 0.1) is 5.82 Å². The van der Waals surface area contributed by atoms with Crippen molar-refractivity contribution in [3.05, 3.63) is 89.2 Å². The maximum Gasteiger partial charge on any atom is 0.265 e. The van der Waals surface area contributed by atoms with Crippen molar-refractivity contribution in [2.24, 2.45) is 0 Å². The van der Waals surface area contributed by atoms with Crippen molar-refractivity contribution in [1.82, 2.24) is 30.2 Å². The van der Waals surface area contributed by atoms with Crippen LogP contribution in [0.1, 0.15) is 39.1 Å². The van der Waals surface area contributed by atoms with Gasteiger partial charge in [-0.2, -0.15) is 0 Å². The van der Waals surface area contributed by atoms with Crippen LogP contribution in [0.15, 0.2) is 66.7 Å². The minimum atomic E-state index is -1.33. The molecule has 4 aromatic rings. The van der Waals surface area contributed by atoms with E-state index in [0.29, 0.717) is 80.9 Å². The number of aliphatic hydroxyl groups excluding tert-OH is 1. The molecule has 56 heavy (non-hydrogen) atoms. The Labute approximate surface area is 323 Å². The van der Waals surface area contributed by atoms with Crippen LogP contribution in [-0.2, 0) is 11.3 Å². The second kappa shape index (κ2) is 15.7. The maximum absolute atomic E-state index is 15.5. The number of piperazine rings is 2. The zero-order valence-corrected chi connectivity index (χ0v) is 30.8. The number of hydrogen-bond donors (Lipinski definition) is 4. The fourth-order valence-electron chi connectivity index (χ4n) is 8.01. The fraction of sp³-hybridized carbons (Fsp3) is 0.375. The average Bonchev–Trinajstić information content (AvgIpc) is 3.45. The van der Waals surface area contributed by atoms with Gasteiger partial charge in [0.2, 0.25) is 5.91 Å². The summed E-state index contributed by atoms with van der Waals surface area (Å²) in [5.74, 6) is -0.878. The summed E-state index contributed by atoms with van der Waals surface area (Å²) in [6.45, 7) is 7.09. The molecule has 2 unspecified atom stereocenters. The number of para-hydroxylation sites is 1. The van der Waals surface area contributed by atoms with Crippen molar-refractivity contribution in [2.45, 2.75) is 31.7 Å². The highest BCUT2D eigenvalue weighted by Crippen LogP contribution is 2.35. The molecule has 3 aromatic carbocycles. The number of aromatic hydroxyl groups is 1. The van der Waals surface area contributed by atoms with Gasteiger partial charge in [0.25, 0.3) is 11.8 Å². The van der Waals surface area contributed by atoms with Gasteiger partial charge in [0.15, 0.2) is 5.82 Å². The van der Waals surface area contributed by atoms with Crippen LogP contribution in [0.4, 0.5) is 21.6 Å². The Balaban J connectivity index is 0.804. The largest absolute Gasteiger partial charge is 0.507 e. The van der Waals surface area contributed by atoms with Crippen molar-refractivity contribution in [1.29, 1.82) is 0 Å². The highest BCUT2D eigenvalue weighted by molar-refractivity contribution is 6.23. The number of nitrogens with one attached hydrogen (secondary N) is 1. The number of phenols is 1. The molecule has 5 heterocycles. The fourth-order valence-corrected chi connectivity index (χ4v) is 8.01. The van der Waals surface area contributed by atoms with Gasteiger partial charge in [0.1, 0.15) is 30.2 Å². The monoisotopic (exact) mass is 765 g/mol. The van der Waals surface area contributed by atoms with Crippen molar-refractivity contribution >= 4 is 34.9 Å². The number of aliphatic hydroxyl groups is 1. The van der Waals surface area contributed by atoms with Gasteiger partial charge in [-0.05, 0) is 54.4 Å². The SMILES string of the molecule is Nc1nnc(-c2ccccc2O)cc1N1CCN(Cc2ccc(N3CCN(CCOc4cccc5c4C(=O)N(C4CCC(=O)NC4O)C5=O)CC3)c(F)c2)CC1. The third-order valence-corrected chi connectivity index (χ3v) is 11.1. The number of imide groups is 1. The first-order valence-corrected chi connectivity index (χ1v) is 18.9. The van der Waals surface area contributed by atoms with E-state index in [1.165, 1.54) is 0 Å². The molecule has 8 rings (SSSR count). The molecule has 0 aliphatic carbocycles. The molecule has 1 aromatic heterocycles. The molecule has 4 aliphatic heterocycles. The lowest BCUT2D eigenvalue weighted by atomic mass is 10.0. The summed E-state index contributed by atoms with van der Waals surface area (Å²) in [5, 5.41) is 31.4. The van der Waals surface area contributed by atoms with E-state index in [0.717, 1.165) is 29.2 Å². The first-order chi connectivity index (χ1) is 27.1. The van der Waals surface area contributed by atoms with E-state index in [2.05, 4.69) is 35.1 Å². The maximum atomic E-state index is 15.5. The Morgan fingerprint density at radius 3 is 2.27 bits per heavy atom. The van der Waals surface area contributed by atoms with E-state index in [9.17, 15) is 24.6 Å². The molecule has 0 spiro atoms. The zero-order chi connectivity index (χ0) is 38.9. The molecule has 4 aliphatic rings. The molecule has 3 saturated heterocycles. The first-order valence-electron chi connectivity index (χ1n) is 18.9. The van der Waals surface area contributed by atoms with Gasteiger partial charge in [0.05, 0.1) is 34.2 Å². The zero-order valence-electron chi connectivity index (χ0n) is 30.8. The number of amides is 3.